The lowest BCUT2D eigenvalue weighted by Gasteiger charge is -2.09. The fraction of sp³-hybridized carbons (Fsp3) is 0.263. The maximum absolute atomic E-state index is 12.5. The van der Waals surface area contributed by atoms with Gasteiger partial charge in [0, 0.05) is 24.4 Å². The van der Waals surface area contributed by atoms with Crippen LogP contribution in [-0.2, 0) is 14.8 Å². The number of aromatic nitrogens is 1. The van der Waals surface area contributed by atoms with Crippen LogP contribution in [-0.4, -0.2) is 45.0 Å². The molecule has 0 saturated heterocycles. The molecule has 160 valence electrons. The van der Waals surface area contributed by atoms with Gasteiger partial charge in [0.05, 0.1) is 17.6 Å². The van der Waals surface area contributed by atoms with Crippen LogP contribution in [0.1, 0.15) is 40.5 Å². The smallest absolute Gasteiger partial charge is 0.437 e. The van der Waals surface area contributed by atoms with Crippen LogP contribution in [0.4, 0.5) is 4.79 Å². The SMILES string of the molecule is CCCCNC(=O)c1cccc(S(=O)(=O)NC(=O)c2ccc(OC(=O)OC)nc2)c1. The van der Waals surface area contributed by atoms with Crippen molar-refractivity contribution in [2.75, 3.05) is 13.7 Å². The van der Waals surface area contributed by atoms with E-state index in [4.69, 9.17) is 0 Å². The Balaban J connectivity index is 2.10. The standard InChI is InChI=1S/C19H21N3O7S/c1-3-4-10-20-17(23)13-6-5-7-15(11-13)30(26,27)22-18(24)14-8-9-16(21-12-14)29-19(25)28-2/h5-9,11-12H,3-4,10H2,1-2H3,(H,20,23)(H,22,24). The molecule has 1 aromatic carbocycles. The summed E-state index contributed by atoms with van der Waals surface area (Å²) in [6.07, 6.45) is 1.77. The van der Waals surface area contributed by atoms with Gasteiger partial charge in [0.1, 0.15) is 0 Å². The lowest BCUT2D eigenvalue weighted by atomic mass is 10.2. The number of pyridine rings is 1. The highest BCUT2D eigenvalue weighted by Gasteiger charge is 2.20. The van der Waals surface area contributed by atoms with Crippen LogP contribution in [0.15, 0.2) is 47.5 Å². The molecule has 0 atom stereocenters. The summed E-state index contributed by atoms with van der Waals surface area (Å²) >= 11 is 0. The zero-order chi connectivity index (χ0) is 22.1. The molecule has 1 aromatic heterocycles. The van der Waals surface area contributed by atoms with E-state index in [1.807, 2.05) is 11.6 Å². The minimum atomic E-state index is -4.23. The van der Waals surface area contributed by atoms with Gasteiger partial charge in [-0.2, -0.15) is 0 Å². The van der Waals surface area contributed by atoms with Crippen LogP contribution in [0.25, 0.3) is 0 Å². The number of amides is 2. The fourth-order valence-electron chi connectivity index (χ4n) is 2.23. The summed E-state index contributed by atoms with van der Waals surface area (Å²) in [7, 11) is -3.11. The number of nitrogens with zero attached hydrogens (tertiary/aromatic N) is 1. The highest BCUT2D eigenvalue weighted by atomic mass is 32.2. The van der Waals surface area contributed by atoms with Crippen LogP contribution >= 0.6 is 0 Å². The number of sulfonamides is 1. The van der Waals surface area contributed by atoms with Crippen molar-refractivity contribution < 1.29 is 32.3 Å². The number of unbranched alkanes of at least 4 members (excludes halogenated alkanes) is 1. The number of rotatable bonds is 8. The van der Waals surface area contributed by atoms with E-state index in [1.165, 1.54) is 36.4 Å². The summed E-state index contributed by atoms with van der Waals surface area (Å²) in [5, 5.41) is 2.69. The third kappa shape index (κ3) is 6.27. The molecule has 0 fully saturated rings. The Morgan fingerprint density at radius 3 is 2.47 bits per heavy atom. The lowest BCUT2D eigenvalue weighted by molar-refractivity contribution is 0.0950. The molecule has 0 aliphatic carbocycles. The third-order valence-corrected chi connectivity index (χ3v) is 5.13. The second kappa shape index (κ2) is 10.3. The van der Waals surface area contributed by atoms with Gasteiger partial charge in [-0.25, -0.2) is 22.9 Å². The number of carbonyl (C=O) groups excluding carboxylic acids is 3. The number of nitrogens with one attached hydrogen (secondary N) is 2. The average molecular weight is 435 g/mol. The van der Waals surface area contributed by atoms with E-state index in [9.17, 15) is 22.8 Å². The predicted octanol–water partition coefficient (Wildman–Crippen LogP) is 1.88. The largest absolute Gasteiger partial charge is 0.514 e. The van der Waals surface area contributed by atoms with Gasteiger partial charge < -0.3 is 14.8 Å². The number of methoxy groups -OCH3 is 1. The van der Waals surface area contributed by atoms with Gasteiger partial charge >= 0.3 is 6.16 Å². The molecule has 0 radical (unpaired) electrons. The summed E-state index contributed by atoms with van der Waals surface area (Å²) in [4.78, 5) is 38.9. The van der Waals surface area contributed by atoms with Crippen LogP contribution < -0.4 is 14.8 Å². The van der Waals surface area contributed by atoms with Gasteiger partial charge in [0.2, 0.25) is 5.88 Å². The molecule has 10 nitrogen and oxygen atoms in total. The lowest BCUT2D eigenvalue weighted by Crippen LogP contribution is -2.31. The first-order valence-corrected chi connectivity index (χ1v) is 10.4. The van der Waals surface area contributed by atoms with Gasteiger partial charge in [0.15, 0.2) is 0 Å². The second-order valence-corrected chi connectivity index (χ2v) is 7.70. The van der Waals surface area contributed by atoms with Gasteiger partial charge in [-0.05, 0) is 30.7 Å². The first-order valence-electron chi connectivity index (χ1n) is 8.94. The van der Waals surface area contributed by atoms with Crippen molar-refractivity contribution in [1.82, 2.24) is 15.0 Å². The molecule has 1 heterocycles. The molecule has 0 saturated carbocycles. The monoisotopic (exact) mass is 435 g/mol. The zero-order valence-corrected chi connectivity index (χ0v) is 17.2. The van der Waals surface area contributed by atoms with Gasteiger partial charge in [-0.1, -0.05) is 19.4 Å². The van der Waals surface area contributed by atoms with E-state index in [1.54, 1.807) is 0 Å². The molecule has 2 amide bonds. The van der Waals surface area contributed by atoms with E-state index in [-0.39, 0.29) is 21.9 Å². The first kappa shape index (κ1) is 22.8. The van der Waals surface area contributed by atoms with Gasteiger partial charge in [-0.3, -0.25) is 9.59 Å². The summed E-state index contributed by atoms with van der Waals surface area (Å²) in [6, 6.07) is 7.78. The highest BCUT2D eigenvalue weighted by molar-refractivity contribution is 7.90. The van der Waals surface area contributed by atoms with Crippen molar-refractivity contribution in [2.45, 2.75) is 24.7 Å². The molecule has 0 aliphatic heterocycles. The number of benzene rings is 1. The topological polar surface area (TPSA) is 141 Å². The Morgan fingerprint density at radius 2 is 1.83 bits per heavy atom. The van der Waals surface area contributed by atoms with Crippen LogP contribution in [0.5, 0.6) is 5.88 Å². The Bertz CT molecular complexity index is 1020. The van der Waals surface area contributed by atoms with Gasteiger partial charge in [0.25, 0.3) is 21.8 Å². The van der Waals surface area contributed by atoms with Crippen molar-refractivity contribution in [3.8, 4) is 5.88 Å². The molecule has 0 aliphatic rings. The Hall–Kier alpha value is -3.47. The molecule has 0 spiro atoms. The molecule has 2 N–H and O–H groups in total. The maximum Gasteiger partial charge on any atom is 0.514 e. The fourth-order valence-corrected chi connectivity index (χ4v) is 3.25. The Labute approximate surface area is 173 Å². The molecule has 0 unspecified atom stereocenters. The molecular formula is C19H21N3O7S. The summed E-state index contributed by atoms with van der Waals surface area (Å²) in [5.74, 6) is -1.47. The molecular weight excluding hydrogens is 414 g/mol. The number of carbonyl (C=O) groups is 3. The number of hydrogen-bond donors (Lipinski definition) is 2. The van der Waals surface area contributed by atoms with Crippen LogP contribution in [0.2, 0.25) is 0 Å². The van der Waals surface area contributed by atoms with Crippen molar-refractivity contribution in [3.63, 3.8) is 0 Å². The van der Waals surface area contributed by atoms with Crippen molar-refractivity contribution >= 4 is 28.0 Å². The average Bonchev–Trinajstić information content (AvgIpc) is 2.74. The zero-order valence-electron chi connectivity index (χ0n) is 16.4. The summed E-state index contributed by atoms with van der Waals surface area (Å²) in [5.41, 5.74) is 0.0802. The molecule has 30 heavy (non-hydrogen) atoms. The normalized spacial score (nSPS) is 10.7. The van der Waals surface area contributed by atoms with Crippen LogP contribution in [0, 0.1) is 0 Å². The van der Waals surface area contributed by atoms with Gasteiger partial charge in [-0.15, -0.1) is 0 Å². The minimum Gasteiger partial charge on any atom is -0.437 e. The Kier molecular flexibility index (Phi) is 7.87. The van der Waals surface area contributed by atoms with Crippen molar-refractivity contribution in [2.24, 2.45) is 0 Å². The van der Waals surface area contributed by atoms with Crippen molar-refractivity contribution in [3.05, 3.63) is 53.7 Å². The minimum absolute atomic E-state index is 0.0794. The van der Waals surface area contributed by atoms with Crippen molar-refractivity contribution in [1.29, 1.82) is 0 Å². The predicted molar refractivity (Wildman–Crippen MR) is 106 cm³/mol. The second-order valence-electron chi connectivity index (χ2n) is 6.01. The quantitative estimate of drug-likeness (QED) is 0.473. The van der Waals surface area contributed by atoms with E-state index >= 15 is 0 Å². The Morgan fingerprint density at radius 1 is 1.07 bits per heavy atom. The molecule has 2 rings (SSSR count). The van der Waals surface area contributed by atoms with E-state index < -0.39 is 28.0 Å². The maximum atomic E-state index is 12.5. The highest BCUT2D eigenvalue weighted by Crippen LogP contribution is 2.13. The van der Waals surface area contributed by atoms with E-state index in [0.29, 0.717) is 6.54 Å². The van der Waals surface area contributed by atoms with Crippen LogP contribution in [0.3, 0.4) is 0 Å². The summed E-state index contributed by atoms with van der Waals surface area (Å²) in [6.45, 7) is 2.46. The number of hydrogen-bond acceptors (Lipinski definition) is 8. The van der Waals surface area contributed by atoms with E-state index in [0.717, 1.165) is 26.1 Å². The molecule has 0 bridgehead atoms. The third-order valence-electron chi connectivity index (χ3n) is 3.80. The molecule has 11 heteroatoms. The van der Waals surface area contributed by atoms with E-state index in [2.05, 4.69) is 19.8 Å². The first-order chi connectivity index (χ1) is 14.3. The summed E-state index contributed by atoms with van der Waals surface area (Å²) < 4.78 is 36.0. The molecule has 2 aromatic rings. The number of ether oxygens (including phenoxy) is 2.